The fourth-order valence-electron chi connectivity index (χ4n) is 2.90. The molecule has 0 unspecified atom stereocenters. The number of hydrogen-bond donors (Lipinski definition) is 1. The van der Waals surface area contributed by atoms with Crippen molar-refractivity contribution in [3.63, 3.8) is 0 Å². The molecule has 0 aliphatic carbocycles. The van der Waals surface area contributed by atoms with Crippen molar-refractivity contribution in [1.29, 1.82) is 0 Å². The maximum atomic E-state index is 12.7. The number of carbonyl (C=O) groups excluding carboxylic acids is 1. The largest absolute Gasteiger partial charge is 0.472 e. The lowest BCUT2D eigenvalue weighted by Gasteiger charge is -2.18. The summed E-state index contributed by atoms with van der Waals surface area (Å²) in [6.45, 7) is 1.32. The molecule has 2 heterocycles. The molecule has 1 aliphatic heterocycles. The van der Waals surface area contributed by atoms with Crippen LogP contribution in [0.4, 0.5) is 18.0 Å². The van der Waals surface area contributed by atoms with E-state index >= 15 is 0 Å². The molecular formula is C19H20F3N3O2. The number of alkyl halides is 3. The molecule has 3 rings (SSSR count). The zero-order chi connectivity index (χ0) is 19.3. The summed E-state index contributed by atoms with van der Waals surface area (Å²) in [6.07, 6.45) is -2.47. The minimum atomic E-state index is -4.44. The fraction of sp³-hybridized carbons (Fsp3) is 0.368. The van der Waals surface area contributed by atoms with Gasteiger partial charge in [0.15, 0.2) is 0 Å². The number of amides is 2. The molecule has 0 bridgehead atoms. The molecule has 1 atom stereocenters. The number of ether oxygens (including phenoxy) is 1. The average molecular weight is 379 g/mol. The average Bonchev–Trinajstić information content (AvgIpc) is 3.11. The Balaban J connectivity index is 1.46. The van der Waals surface area contributed by atoms with Crippen LogP contribution in [0, 0.1) is 0 Å². The van der Waals surface area contributed by atoms with Crippen molar-refractivity contribution in [2.45, 2.75) is 25.1 Å². The van der Waals surface area contributed by atoms with Crippen LogP contribution < -0.4 is 10.1 Å². The fourth-order valence-corrected chi connectivity index (χ4v) is 2.90. The highest BCUT2D eigenvalue weighted by atomic mass is 19.4. The first-order chi connectivity index (χ1) is 12.9. The minimum Gasteiger partial charge on any atom is -0.472 e. The molecule has 2 amide bonds. The van der Waals surface area contributed by atoms with Crippen molar-refractivity contribution in [1.82, 2.24) is 15.2 Å². The Morgan fingerprint density at radius 2 is 2.04 bits per heavy atom. The van der Waals surface area contributed by atoms with Crippen LogP contribution in [-0.4, -0.2) is 41.7 Å². The van der Waals surface area contributed by atoms with Gasteiger partial charge in [0.2, 0.25) is 5.88 Å². The first kappa shape index (κ1) is 19.0. The van der Waals surface area contributed by atoms with Crippen LogP contribution in [0.2, 0.25) is 0 Å². The van der Waals surface area contributed by atoms with Crippen molar-refractivity contribution < 1.29 is 22.7 Å². The summed E-state index contributed by atoms with van der Waals surface area (Å²) < 4.78 is 43.8. The molecule has 0 saturated carbocycles. The monoisotopic (exact) mass is 379 g/mol. The van der Waals surface area contributed by atoms with Crippen LogP contribution in [0.25, 0.3) is 0 Å². The molecule has 1 saturated heterocycles. The Bertz CT molecular complexity index is 768. The van der Waals surface area contributed by atoms with E-state index in [0.29, 0.717) is 26.1 Å². The number of halogens is 3. The highest BCUT2D eigenvalue weighted by Crippen LogP contribution is 2.31. The van der Waals surface area contributed by atoms with Gasteiger partial charge in [-0.15, -0.1) is 0 Å². The summed E-state index contributed by atoms with van der Waals surface area (Å²) in [5.74, 6) is -0.0823. The van der Waals surface area contributed by atoms with E-state index < -0.39 is 11.7 Å². The SMILES string of the molecule is O=C(NCCc1ccccc1)N1CC[C@@H](Oc2cc(C(F)(F)F)ccn2)C1. The van der Waals surface area contributed by atoms with E-state index in [1.807, 2.05) is 30.3 Å². The summed E-state index contributed by atoms with van der Waals surface area (Å²) in [5, 5.41) is 2.85. The summed E-state index contributed by atoms with van der Waals surface area (Å²) in [7, 11) is 0. The van der Waals surface area contributed by atoms with Crippen molar-refractivity contribution in [2.75, 3.05) is 19.6 Å². The Hall–Kier alpha value is -2.77. The number of aromatic nitrogens is 1. The highest BCUT2D eigenvalue weighted by molar-refractivity contribution is 5.74. The standard InChI is InChI=1S/C19H20F3N3O2/c20-19(21,22)15-7-10-23-17(12-15)27-16-8-11-25(13-16)18(26)24-9-6-14-4-2-1-3-5-14/h1-5,7,10,12,16H,6,8-9,11,13H2,(H,24,26)/t16-/m1/s1. The Morgan fingerprint density at radius 3 is 2.78 bits per heavy atom. The van der Waals surface area contributed by atoms with E-state index in [2.05, 4.69) is 10.3 Å². The molecule has 144 valence electrons. The van der Waals surface area contributed by atoms with Gasteiger partial charge >= 0.3 is 12.2 Å². The Morgan fingerprint density at radius 1 is 1.26 bits per heavy atom. The van der Waals surface area contributed by atoms with Gasteiger partial charge in [0.05, 0.1) is 12.1 Å². The first-order valence-electron chi connectivity index (χ1n) is 8.68. The lowest BCUT2D eigenvalue weighted by molar-refractivity contribution is -0.137. The number of likely N-dealkylation sites (tertiary alicyclic amines) is 1. The van der Waals surface area contributed by atoms with Crippen LogP contribution in [0.1, 0.15) is 17.5 Å². The number of urea groups is 1. The number of carbonyl (C=O) groups is 1. The van der Waals surface area contributed by atoms with Gasteiger partial charge < -0.3 is 15.0 Å². The molecule has 0 radical (unpaired) electrons. The molecule has 2 aromatic rings. The summed E-state index contributed by atoms with van der Waals surface area (Å²) in [6, 6.07) is 11.4. The topological polar surface area (TPSA) is 54.5 Å². The molecule has 1 aromatic heterocycles. The third-order valence-electron chi connectivity index (χ3n) is 4.31. The van der Waals surface area contributed by atoms with Gasteiger partial charge in [0.1, 0.15) is 6.10 Å². The van der Waals surface area contributed by atoms with Gasteiger partial charge in [0, 0.05) is 31.8 Å². The lowest BCUT2D eigenvalue weighted by Crippen LogP contribution is -2.40. The number of hydrogen-bond acceptors (Lipinski definition) is 3. The van der Waals surface area contributed by atoms with Gasteiger partial charge in [-0.3, -0.25) is 0 Å². The van der Waals surface area contributed by atoms with Crippen LogP contribution in [0.15, 0.2) is 48.7 Å². The van der Waals surface area contributed by atoms with E-state index in [9.17, 15) is 18.0 Å². The van der Waals surface area contributed by atoms with Crippen molar-refractivity contribution in [3.8, 4) is 5.88 Å². The van der Waals surface area contributed by atoms with Gasteiger partial charge in [0.25, 0.3) is 0 Å². The van der Waals surface area contributed by atoms with Crippen molar-refractivity contribution >= 4 is 6.03 Å². The zero-order valence-electron chi connectivity index (χ0n) is 14.6. The second kappa shape index (κ2) is 8.28. The lowest BCUT2D eigenvalue weighted by atomic mass is 10.1. The van der Waals surface area contributed by atoms with Crippen LogP contribution >= 0.6 is 0 Å². The van der Waals surface area contributed by atoms with Gasteiger partial charge in [-0.1, -0.05) is 30.3 Å². The van der Waals surface area contributed by atoms with E-state index in [1.165, 1.54) is 0 Å². The van der Waals surface area contributed by atoms with Crippen LogP contribution in [0.3, 0.4) is 0 Å². The number of pyridine rings is 1. The highest BCUT2D eigenvalue weighted by Gasteiger charge is 2.32. The molecular weight excluding hydrogens is 359 g/mol. The summed E-state index contributed by atoms with van der Waals surface area (Å²) >= 11 is 0. The van der Waals surface area contributed by atoms with E-state index in [-0.39, 0.29) is 18.0 Å². The van der Waals surface area contributed by atoms with E-state index in [4.69, 9.17) is 4.74 Å². The van der Waals surface area contributed by atoms with Crippen molar-refractivity contribution in [2.24, 2.45) is 0 Å². The predicted molar refractivity (Wildman–Crippen MR) is 93.4 cm³/mol. The number of rotatable bonds is 5. The summed E-state index contributed by atoms with van der Waals surface area (Å²) in [5.41, 5.74) is 0.331. The van der Waals surface area contributed by atoms with E-state index in [0.717, 1.165) is 30.3 Å². The number of benzene rings is 1. The predicted octanol–water partition coefficient (Wildman–Crippen LogP) is 3.51. The second-order valence-corrected chi connectivity index (χ2v) is 6.32. The molecule has 1 N–H and O–H groups in total. The smallest absolute Gasteiger partial charge is 0.416 e. The summed E-state index contributed by atoms with van der Waals surface area (Å²) in [4.78, 5) is 17.6. The van der Waals surface area contributed by atoms with Crippen LogP contribution in [0.5, 0.6) is 5.88 Å². The molecule has 8 heteroatoms. The first-order valence-corrected chi connectivity index (χ1v) is 8.68. The third-order valence-corrected chi connectivity index (χ3v) is 4.31. The van der Waals surface area contributed by atoms with Crippen LogP contribution in [-0.2, 0) is 12.6 Å². The number of nitrogens with one attached hydrogen (secondary N) is 1. The zero-order valence-corrected chi connectivity index (χ0v) is 14.6. The molecule has 27 heavy (non-hydrogen) atoms. The minimum absolute atomic E-state index is 0.0823. The van der Waals surface area contributed by atoms with Gasteiger partial charge in [-0.2, -0.15) is 13.2 Å². The molecule has 1 aliphatic rings. The van der Waals surface area contributed by atoms with Crippen molar-refractivity contribution in [3.05, 3.63) is 59.8 Å². The normalized spacial score (nSPS) is 17.0. The van der Waals surface area contributed by atoms with Gasteiger partial charge in [-0.25, -0.2) is 9.78 Å². The maximum absolute atomic E-state index is 12.7. The van der Waals surface area contributed by atoms with E-state index in [1.54, 1.807) is 4.90 Å². The quantitative estimate of drug-likeness (QED) is 0.865. The maximum Gasteiger partial charge on any atom is 0.416 e. The number of nitrogens with zero attached hydrogens (tertiary/aromatic N) is 2. The molecule has 1 fully saturated rings. The van der Waals surface area contributed by atoms with Gasteiger partial charge in [-0.05, 0) is 18.1 Å². The third kappa shape index (κ3) is 5.35. The molecule has 5 nitrogen and oxygen atoms in total. The molecule has 0 spiro atoms. The second-order valence-electron chi connectivity index (χ2n) is 6.32. The Kier molecular flexibility index (Phi) is 5.83. The molecule has 1 aromatic carbocycles. The Labute approximate surface area is 155 Å².